The molecule has 2 atom stereocenters. The second kappa shape index (κ2) is 8.45. The van der Waals surface area contributed by atoms with Crippen molar-refractivity contribution in [3.63, 3.8) is 0 Å². The predicted octanol–water partition coefficient (Wildman–Crippen LogP) is 0.374. The summed E-state index contributed by atoms with van der Waals surface area (Å²) in [5, 5.41) is 12.8. The maximum Gasteiger partial charge on any atom is 0.234 e. The van der Waals surface area contributed by atoms with Gasteiger partial charge in [-0.2, -0.15) is 0 Å². The molecule has 1 amide bonds. The van der Waals surface area contributed by atoms with Crippen LogP contribution < -0.4 is 5.32 Å². The van der Waals surface area contributed by atoms with Gasteiger partial charge in [-0.15, -0.1) is 0 Å². The van der Waals surface area contributed by atoms with Gasteiger partial charge in [0.05, 0.1) is 12.6 Å². The topological polar surface area (TPSA) is 61.8 Å². The summed E-state index contributed by atoms with van der Waals surface area (Å²) in [6.45, 7) is 1.67. The highest BCUT2D eigenvalue weighted by Crippen LogP contribution is 2.21. The molecule has 0 aromatic heterocycles. The van der Waals surface area contributed by atoms with E-state index in [2.05, 4.69) is 5.32 Å². The van der Waals surface area contributed by atoms with E-state index in [1.165, 1.54) is 0 Å². The average molecular weight is 258 g/mol. The molecule has 0 aromatic rings. The van der Waals surface area contributed by atoms with Crippen LogP contribution in [0.3, 0.4) is 0 Å². The fraction of sp³-hybridized carbons (Fsp3) is 0.923. The second-order valence-corrected chi connectivity index (χ2v) is 5.03. The van der Waals surface area contributed by atoms with E-state index >= 15 is 0 Å². The van der Waals surface area contributed by atoms with Gasteiger partial charge in [0.25, 0.3) is 0 Å². The number of carbonyl (C=O) groups excluding carboxylic acids is 1. The number of likely N-dealkylation sites (N-methyl/N-ethyl adjacent to an activating group) is 1. The third kappa shape index (κ3) is 5.33. The zero-order valence-corrected chi connectivity index (χ0v) is 11.5. The summed E-state index contributed by atoms with van der Waals surface area (Å²) in [4.78, 5) is 13.7. The molecule has 1 fully saturated rings. The number of aliphatic hydroxyl groups is 1. The molecule has 106 valence electrons. The van der Waals surface area contributed by atoms with Gasteiger partial charge in [-0.1, -0.05) is 12.8 Å². The van der Waals surface area contributed by atoms with Crippen molar-refractivity contribution in [1.29, 1.82) is 0 Å². The standard InChI is InChI=1S/C13H26N2O3/c1-15(11-6-3-4-7-12(11)16)10-13(17)14-8-5-9-18-2/h11-12,16H,3-10H2,1-2H3,(H,14,17). The maximum absolute atomic E-state index is 11.7. The van der Waals surface area contributed by atoms with E-state index in [9.17, 15) is 9.90 Å². The molecule has 0 aliphatic heterocycles. The van der Waals surface area contributed by atoms with Gasteiger partial charge >= 0.3 is 0 Å². The number of amides is 1. The monoisotopic (exact) mass is 258 g/mol. The number of aliphatic hydroxyl groups excluding tert-OH is 1. The molecule has 1 aliphatic rings. The Kier molecular flexibility index (Phi) is 7.23. The number of nitrogens with zero attached hydrogens (tertiary/aromatic N) is 1. The molecule has 5 heteroatoms. The summed E-state index contributed by atoms with van der Waals surface area (Å²) in [5.41, 5.74) is 0. The fourth-order valence-electron chi connectivity index (χ4n) is 2.45. The van der Waals surface area contributed by atoms with Crippen LogP contribution in [0.4, 0.5) is 0 Å². The Labute approximate surface area is 109 Å². The van der Waals surface area contributed by atoms with Crippen LogP contribution in [-0.2, 0) is 9.53 Å². The lowest BCUT2D eigenvalue weighted by molar-refractivity contribution is -0.123. The third-order valence-corrected chi connectivity index (χ3v) is 3.50. The highest BCUT2D eigenvalue weighted by Gasteiger charge is 2.27. The van der Waals surface area contributed by atoms with Crippen molar-refractivity contribution >= 4 is 5.91 Å². The number of nitrogens with one attached hydrogen (secondary N) is 1. The Bertz CT molecular complexity index is 248. The molecule has 2 N–H and O–H groups in total. The SMILES string of the molecule is COCCCNC(=O)CN(C)C1CCCCC1O. The van der Waals surface area contributed by atoms with Crippen LogP contribution in [-0.4, -0.2) is 61.9 Å². The lowest BCUT2D eigenvalue weighted by Crippen LogP contribution is -2.47. The van der Waals surface area contributed by atoms with E-state index in [0.29, 0.717) is 19.7 Å². The molecule has 0 spiro atoms. The van der Waals surface area contributed by atoms with Gasteiger partial charge in [0.1, 0.15) is 0 Å². The van der Waals surface area contributed by atoms with E-state index in [1.807, 2.05) is 11.9 Å². The minimum Gasteiger partial charge on any atom is -0.391 e. The molecule has 0 saturated heterocycles. The van der Waals surface area contributed by atoms with Gasteiger partial charge in [0, 0.05) is 26.3 Å². The Morgan fingerprint density at radius 3 is 2.83 bits per heavy atom. The molecular weight excluding hydrogens is 232 g/mol. The molecule has 1 rings (SSSR count). The average Bonchev–Trinajstić information content (AvgIpc) is 2.35. The van der Waals surface area contributed by atoms with Crippen molar-refractivity contribution in [3.05, 3.63) is 0 Å². The van der Waals surface area contributed by atoms with Gasteiger partial charge in [-0.3, -0.25) is 9.69 Å². The van der Waals surface area contributed by atoms with Crippen molar-refractivity contribution in [2.24, 2.45) is 0 Å². The fourth-order valence-corrected chi connectivity index (χ4v) is 2.45. The third-order valence-electron chi connectivity index (χ3n) is 3.50. The van der Waals surface area contributed by atoms with E-state index in [4.69, 9.17) is 4.74 Å². The van der Waals surface area contributed by atoms with Gasteiger partial charge in [-0.05, 0) is 26.3 Å². The zero-order valence-electron chi connectivity index (χ0n) is 11.5. The summed E-state index contributed by atoms with van der Waals surface area (Å²) in [6.07, 6.45) is 4.61. The van der Waals surface area contributed by atoms with Crippen molar-refractivity contribution in [2.45, 2.75) is 44.2 Å². The first-order valence-electron chi connectivity index (χ1n) is 6.79. The second-order valence-electron chi connectivity index (χ2n) is 5.03. The summed E-state index contributed by atoms with van der Waals surface area (Å²) in [5.74, 6) is 0.0198. The first-order valence-corrected chi connectivity index (χ1v) is 6.79. The van der Waals surface area contributed by atoms with E-state index in [-0.39, 0.29) is 18.1 Å². The molecular formula is C13H26N2O3. The van der Waals surface area contributed by atoms with E-state index < -0.39 is 0 Å². The molecule has 0 heterocycles. The number of methoxy groups -OCH3 is 1. The number of carbonyl (C=O) groups is 1. The Morgan fingerprint density at radius 1 is 1.44 bits per heavy atom. The van der Waals surface area contributed by atoms with E-state index in [1.54, 1.807) is 7.11 Å². The zero-order chi connectivity index (χ0) is 13.4. The molecule has 0 radical (unpaired) electrons. The molecule has 0 bridgehead atoms. The summed E-state index contributed by atoms with van der Waals surface area (Å²) >= 11 is 0. The number of ether oxygens (including phenoxy) is 1. The quantitative estimate of drug-likeness (QED) is 0.648. The molecule has 2 unspecified atom stereocenters. The first kappa shape index (κ1) is 15.4. The molecule has 0 aromatic carbocycles. The van der Waals surface area contributed by atoms with Crippen molar-refractivity contribution in [2.75, 3.05) is 33.9 Å². The van der Waals surface area contributed by atoms with Crippen molar-refractivity contribution in [3.8, 4) is 0 Å². The van der Waals surface area contributed by atoms with Crippen LogP contribution in [0, 0.1) is 0 Å². The minimum absolute atomic E-state index is 0.0198. The number of rotatable bonds is 7. The van der Waals surface area contributed by atoms with Crippen LogP contribution in [0.1, 0.15) is 32.1 Å². The van der Waals surface area contributed by atoms with Crippen LogP contribution in [0.25, 0.3) is 0 Å². The molecule has 1 saturated carbocycles. The first-order chi connectivity index (χ1) is 8.65. The normalized spacial score (nSPS) is 24.2. The highest BCUT2D eigenvalue weighted by atomic mass is 16.5. The summed E-state index contributed by atoms with van der Waals surface area (Å²) in [6, 6.07) is 0.128. The van der Waals surface area contributed by atoms with Gasteiger partial charge in [0.2, 0.25) is 5.91 Å². The smallest absolute Gasteiger partial charge is 0.234 e. The van der Waals surface area contributed by atoms with E-state index in [0.717, 1.165) is 32.1 Å². The van der Waals surface area contributed by atoms with Gasteiger partial charge in [0.15, 0.2) is 0 Å². The Morgan fingerprint density at radius 2 is 2.17 bits per heavy atom. The van der Waals surface area contributed by atoms with Gasteiger partial charge in [-0.25, -0.2) is 0 Å². The lowest BCUT2D eigenvalue weighted by atomic mass is 9.91. The van der Waals surface area contributed by atoms with Gasteiger partial charge < -0.3 is 15.2 Å². The van der Waals surface area contributed by atoms with Crippen molar-refractivity contribution in [1.82, 2.24) is 10.2 Å². The Balaban J connectivity index is 2.21. The lowest BCUT2D eigenvalue weighted by Gasteiger charge is -2.34. The Hall–Kier alpha value is -0.650. The predicted molar refractivity (Wildman–Crippen MR) is 70.4 cm³/mol. The van der Waals surface area contributed by atoms with Crippen LogP contribution in [0.2, 0.25) is 0 Å². The van der Waals surface area contributed by atoms with Crippen LogP contribution in [0.5, 0.6) is 0 Å². The molecule has 1 aliphatic carbocycles. The maximum atomic E-state index is 11.7. The molecule has 5 nitrogen and oxygen atoms in total. The minimum atomic E-state index is -0.287. The molecule has 18 heavy (non-hydrogen) atoms. The number of hydrogen-bond acceptors (Lipinski definition) is 4. The van der Waals surface area contributed by atoms with Crippen LogP contribution >= 0.6 is 0 Å². The largest absolute Gasteiger partial charge is 0.391 e. The summed E-state index contributed by atoms with van der Waals surface area (Å²) in [7, 11) is 3.56. The summed E-state index contributed by atoms with van der Waals surface area (Å²) < 4.78 is 4.92. The highest BCUT2D eigenvalue weighted by molar-refractivity contribution is 5.77. The number of hydrogen-bond donors (Lipinski definition) is 2. The van der Waals surface area contributed by atoms with Crippen LogP contribution in [0.15, 0.2) is 0 Å². The van der Waals surface area contributed by atoms with Crippen molar-refractivity contribution < 1.29 is 14.6 Å².